The van der Waals surface area contributed by atoms with Crippen LogP contribution in [0.15, 0.2) is 48.5 Å². The predicted octanol–water partition coefficient (Wildman–Crippen LogP) is 4.48. The van der Waals surface area contributed by atoms with Crippen LogP contribution in [0.25, 0.3) is 21.8 Å². The van der Waals surface area contributed by atoms with Crippen LogP contribution in [0.4, 0.5) is 0 Å². The molecule has 0 fully saturated rings. The van der Waals surface area contributed by atoms with E-state index < -0.39 is 18.7 Å². The Kier molecular flexibility index (Phi) is 2.47. The van der Waals surface area contributed by atoms with Gasteiger partial charge >= 0.3 is 107 Å². The average Bonchev–Trinajstić information content (AvgIpc) is 2.63. The van der Waals surface area contributed by atoms with Gasteiger partial charge in [-0.2, -0.15) is 0 Å². The van der Waals surface area contributed by atoms with Crippen molar-refractivity contribution in [2.45, 2.75) is 14.8 Å². The first-order valence-corrected chi connectivity index (χ1v) is 15.9. The Morgan fingerprint density at radius 2 is 1.12 bits per heavy atom. The van der Waals surface area contributed by atoms with E-state index in [0.717, 1.165) is 0 Å². The average molecular weight is 330 g/mol. The molecule has 3 aromatic rings. The van der Waals surface area contributed by atoms with E-state index in [0.29, 0.717) is 0 Å². The van der Waals surface area contributed by atoms with Crippen molar-refractivity contribution in [3.63, 3.8) is 0 Å². The summed E-state index contributed by atoms with van der Waals surface area (Å²) in [4.78, 5) is 7.40. The Balaban J connectivity index is 2.60. The van der Waals surface area contributed by atoms with Crippen molar-refractivity contribution in [2.24, 2.45) is 0 Å². The van der Waals surface area contributed by atoms with Crippen molar-refractivity contribution in [3.8, 4) is 0 Å². The summed E-state index contributed by atoms with van der Waals surface area (Å²) in [6.07, 6.45) is 0. The molecule has 0 saturated heterocycles. The number of fused-ring (bicyclic) bond motifs is 3. The zero-order valence-electron chi connectivity index (χ0n) is 10.6. The molecular weight excluding hydrogens is 313 g/mol. The molecule has 0 N–H and O–H groups in total. The van der Waals surface area contributed by atoms with Gasteiger partial charge in [-0.3, -0.25) is 0 Å². The van der Waals surface area contributed by atoms with E-state index in [1.54, 1.807) is 0 Å². The summed E-state index contributed by atoms with van der Waals surface area (Å²) in [7, 11) is 0. The van der Waals surface area contributed by atoms with Crippen LogP contribution in [0, 0.1) is 0 Å². The fourth-order valence-electron chi connectivity index (χ4n) is 2.65. The second-order valence-corrected chi connectivity index (χ2v) is 19.2. The molecule has 0 aliphatic heterocycles. The molecule has 2 heteroatoms. The summed E-state index contributed by atoms with van der Waals surface area (Å²) in [5, 5.41) is 2.80. The molecular formula is C15H17NSn. The van der Waals surface area contributed by atoms with Crippen molar-refractivity contribution in [1.29, 1.82) is 0 Å². The molecule has 0 radical (unpaired) electrons. The molecule has 0 aliphatic carbocycles. The SMILES string of the molecule is [CH3][Sn]([CH3])([CH3])[n]1c2ccccc2c2ccccc21. The monoisotopic (exact) mass is 331 g/mol. The van der Waals surface area contributed by atoms with Crippen molar-refractivity contribution >= 4 is 40.5 Å². The zero-order valence-corrected chi connectivity index (χ0v) is 13.4. The van der Waals surface area contributed by atoms with Crippen LogP contribution in [0.3, 0.4) is 0 Å². The maximum atomic E-state index is 2.64. The first kappa shape index (κ1) is 11.1. The normalized spacial score (nSPS) is 12.4. The van der Waals surface area contributed by atoms with Crippen LogP contribution in [0.2, 0.25) is 14.8 Å². The molecule has 1 heterocycles. The summed E-state index contributed by atoms with van der Waals surface area (Å²) in [6, 6.07) is 17.6. The van der Waals surface area contributed by atoms with Gasteiger partial charge in [-0.05, 0) is 0 Å². The molecule has 86 valence electrons. The summed E-state index contributed by atoms with van der Waals surface area (Å²) in [5.41, 5.74) is 2.83. The minimum atomic E-state index is -2.16. The molecule has 0 amide bonds. The van der Waals surface area contributed by atoms with Gasteiger partial charge in [-0.25, -0.2) is 0 Å². The fourth-order valence-corrected chi connectivity index (χ4v) is 7.88. The van der Waals surface area contributed by atoms with Gasteiger partial charge in [0.25, 0.3) is 0 Å². The van der Waals surface area contributed by atoms with Crippen LogP contribution >= 0.6 is 0 Å². The van der Waals surface area contributed by atoms with Crippen molar-refractivity contribution in [1.82, 2.24) is 2.79 Å². The standard InChI is InChI=1S/C12H8N.3CH3.Sn/c1-3-7-11-9(5-1)10-6-2-4-8-12(10)13-11;;;;/h1-8H;3*1H3;/q-1;;;;+1. The second kappa shape index (κ2) is 3.77. The Bertz CT molecular complexity index is 636. The third kappa shape index (κ3) is 1.68. The van der Waals surface area contributed by atoms with Crippen LogP contribution in [-0.4, -0.2) is 21.4 Å². The van der Waals surface area contributed by atoms with Gasteiger partial charge in [0.15, 0.2) is 0 Å². The van der Waals surface area contributed by atoms with Gasteiger partial charge in [0, 0.05) is 0 Å². The molecule has 17 heavy (non-hydrogen) atoms. The van der Waals surface area contributed by atoms with E-state index in [4.69, 9.17) is 0 Å². The maximum absolute atomic E-state index is 2.64. The number of hydrogen-bond donors (Lipinski definition) is 0. The quantitative estimate of drug-likeness (QED) is 0.580. The number of hydrogen-bond acceptors (Lipinski definition) is 0. The molecule has 2 aromatic carbocycles. The van der Waals surface area contributed by atoms with Crippen LogP contribution in [-0.2, 0) is 0 Å². The van der Waals surface area contributed by atoms with Gasteiger partial charge in [0.05, 0.1) is 0 Å². The molecule has 1 nitrogen and oxygen atoms in total. The van der Waals surface area contributed by atoms with Crippen LogP contribution in [0.5, 0.6) is 0 Å². The number of aromatic nitrogens is 1. The Morgan fingerprint density at radius 1 is 0.706 bits per heavy atom. The number of nitrogens with zero attached hydrogens (tertiary/aromatic N) is 1. The molecule has 0 unspecified atom stereocenters. The molecule has 0 atom stereocenters. The molecule has 0 aliphatic rings. The third-order valence-corrected chi connectivity index (χ3v) is 8.46. The van der Waals surface area contributed by atoms with Gasteiger partial charge in [-0.15, -0.1) is 0 Å². The summed E-state index contributed by atoms with van der Waals surface area (Å²) in [6.45, 7) is 0. The first-order chi connectivity index (χ1) is 8.09. The number of rotatable bonds is 1. The second-order valence-electron chi connectivity index (χ2n) is 5.54. The third-order valence-electron chi connectivity index (χ3n) is 3.25. The van der Waals surface area contributed by atoms with Crippen LogP contribution < -0.4 is 0 Å². The van der Waals surface area contributed by atoms with Crippen molar-refractivity contribution < 1.29 is 0 Å². The van der Waals surface area contributed by atoms with Gasteiger partial charge < -0.3 is 0 Å². The Labute approximate surface area is 106 Å². The van der Waals surface area contributed by atoms with E-state index in [9.17, 15) is 0 Å². The summed E-state index contributed by atoms with van der Waals surface area (Å²) >= 11 is -2.16. The molecule has 1 aromatic heterocycles. The van der Waals surface area contributed by atoms with Crippen LogP contribution in [0.1, 0.15) is 0 Å². The first-order valence-electron chi connectivity index (χ1n) is 6.08. The van der Waals surface area contributed by atoms with E-state index in [2.05, 4.69) is 66.1 Å². The summed E-state index contributed by atoms with van der Waals surface area (Å²) < 4.78 is 2.64. The molecule has 3 rings (SSSR count). The van der Waals surface area contributed by atoms with Gasteiger partial charge in [0.1, 0.15) is 0 Å². The molecule has 0 bridgehead atoms. The predicted molar refractivity (Wildman–Crippen MR) is 78.2 cm³/mol. The Hall–Kier alpha value is -0.961. The number of para-hydroxylation sites is 2. The van der Waals surface area contributed by atoms with Crippen molar-refractivity contribution in [2.75, 3.05) is 0 Å². The van der Waals surface area contributed by atoms with E-state index >= 15 is 0 Å². The van der Waals surface area contributed by atoms with E-state index in [-0.39, 0.29) is 0 Å². The fraction of sp³-hybridized carbons (Fsp3) is 0.200. The molecule has 0 spiro atoms. The van der Waals surface area contributed by atoms with E-state index in [1.807, 2.05) is 0 Å². The zero-order chi connectivity index (χ0) is 12.0. The van der Waals surface area contributed by atoms with Crippen molar-refractivity contribution in [3.05, 3.63) is 48.5 Å². The number of benzene rings is 2. The summed E-state index contributed by atoms with van der Waals surface area (Å²) in [5.74, 6) is 0. The van der Waals surface area contributed by atoms with Gasteiger partial charge in [0.2, 0.25) is 0 Å². The van der Waals surface area contributed by atoms with E-state index in [1.165, 1.54) is 21.8 Å². The topological polar surface area (TPSA) is 4.93 Å². The Morgan fingerprint density at radius 3 is 1.53 bits per heavy atom. The molecule has 0 saturated carbocycles. The minimum absolute atomic E-state index is 1.40. The van der Waals surface area contributed by atoms with Gasteiger partial charge in [-0.1, -0.05) is 0 Å².